The molecule has 185 valence electrons. The Kier molecular flexibility index (Phi) is 9.49. The van der Waals surface area contributed by atoms with Crippen LogP contribution in [0.4, 0.5) is 0 Å². The summed E-state index contributed by atoms with van der Waals surface area (Å²) in [5.41, 5.74) is 3.12. The van der Waals surface area contributed by atoms with Crippen molar-refractivity contribution in [2.75, 3.05) is 7.11 Å². The van der Waals surface area contributed by atoms with Crippen molar-refractivity contribution in [2.24, 2.45) is 4.90 Å². The van der Waals surface area contributed by atoms with Crippen molar-refractivity contribution in [3.63, 3.8) is 0 Å². The molecule has 3 aromatic rings. The molecule has 0 aliphatic rings. The van der Waals surface area contributed by atoms with E-state index in [9.17, 15) is 5.11 Å². The van der Waals surface area contributed by atoms with Gasteiger partial charge in [-0.3, -0.25) is 0 Å². The zero-order valence-corrected chi connectivity index (χ0v) is 23.4. The fourth-order valence-electron chi connectivity index (χ4n) is 3.22. The zero-order chi connectivity index (χ0) is 26.2. The number of rotatable bonds is 10. The third-order valence-corrected chi connectivity index (χ3v) is 7.36. The number of benzene rings is 2. The van der Waals surface area contributed by atoms with Crippen LogP contribution in [0.2, 0.25) is 12.6 Å². The number of aromatic nitrogens is 2. The number of aliphatic hydroxyl groups is 1. The van der Waals surface area contributed by atoms with Crippen molar-refractivity contribution in [1.82, 2.24) is 9.97 Å². The van der Waals surface area contributed by atoms with E-state index in [1.165, 1.54) is 7.27 Å². The third kappa shape index (κ3) is 7.54. The quantitative estimate of drug-likeness (QED) is 0.332. The first-order valence-electron chi connectivity index (χ1n) is 12.2. The Morgan fingerprint density at radius 1 is 1.06 bits per heavy atom. The van der Waals surface area contributed by atoms with Gasteiger partial charge in [0, 0.05) is 0 Å². The monoisotopic (exact) mass is 498 g/mol. The molecular weight excluding hydrogens is 464 g/mol. The number of imidazole rings is 1. The van der Waals surface area contributed by atoms with E-state index in [1.54, 1.807) is 28.4 Å². The summed E-state index contributed by atoms with van der Waals surface area (Å²) in [4.78, 5) is 12.4. The topological polar surface area (TPSA) is 79.7 Å². The Morgan fingerprint density at radius 2 is 1.67 bits per heavy atom. The van der Waals surface area contributed by atoms with Gasteiger partial charge in [0.15, 0.2) is 0 Å². The van der Waals surface area contributed by atoms with Gasteiger partial charge in [0.2, 0.25) is 0 Å². The van der Waals surface area contributed by atoms with Crippen LogP contribution in [0.5, 0.6) is 0 Å². The van der Waals surface area contributed by atoms with E-state index in [1.807, 2.05) is 68.6 Å². The van der Waals surface area contributed by atoms with Crippen LogP contribution in [0, 0.1) is 11.8 Å². The van der Waals surface area contributed by atoms with Gasteiger partial charge < -0.3 is 9.76 Å². The first-order valence-corrected chi connectivity index (χ1v) is 14.6. The van der Waals surface area contributed by atoms with Gasteiger partial charge >= 0.3 is 140 Å². The maximum atomic E-state index is 10.2. The van der Waals surface area contributed by atoms with Gasteiger partial charge in [-0.25, -0.2) is 0 Å². The second-order valence-corrected chi connectivity index (χ2v) is 11.3. The van der Waals surface area contributed by atoms with Crippen molar-refractivity contribution in [1.29, 1.82) is 0 Å². The molecule has 0 amide bonds. The third-order valence-electron chi connectivity index (χ3n) is 6.24. The van der Waals surface area contributed by atoms with E-state index in [0.717, 1.165) is 39.7 Å². The fraction of sp³-hybridized carbons (Fsp3) is 0.370. The molecule has 1 aromatic heterocycles. The summed E-state index contributed by atoms with van der Waals surface area (Å²) in [6.45, 7) is 9.47. The van der Waals surface area contributed by atoms with E-state index in [2.05, 4.69) is 33.3 Å². The number of nitrogens with zero attached hydrogens (tertiary/aromatic N) is 2. The van der Waals surface area contributed by atoms with Gasteiger partial charge in [-0.1, -0.05) is 17.6 Å². The summed E-state index contributed by atoms with van der Waals surface area (Å²) in [5, 5.41) is 10.2. The second kappa shape index (κ2) is 12.4. The van der Waals surface area contributed by atoms with Crippen molar-refractivity contribution < 1.29 is 14.4 Å². The van der Waals surface area contributed by atoms with Crippen LogP contribution in [0.3, 0.4) is 0 Å². The maximum absolute atomic E-state index is 10.2. The molecule has 6 nitrogen and oxygen atoms in total. The summed E-state index contributed by atoms with van der Waals surface area (Å²) in [7, 11) is 4.59. The summed E-state index contributed by atoms with van der Waals surface area (Å²) in [6.07, 6.45) is 1.85. The van der Waals surface area contributed by atoms with Crippen molar-refractivity contribution >= 4 is 29.7 Å². The molecule has 0 unspecified atom stereocenters. The van der Waals surface area contributed by atoms with Crippen LogP contribution in [0.25, 0.3) is 11.3 Å². The standard InChI is InChI=1S/C27H34B2N3O3Si/c1-26(2,33)27(3,4)35-28-22-15-11-20(12-16-22)8-7-19-9-13-21(14-10-19)23-17-30-25(31-23)24(18-36-6)32-29-34-5/h9-17,24,33H,18,36H2,1-6H3,(H,30,31)/t24-/m0/s1. The van der Waals surface area contributed by atoms with Gasteiger partial charge in [-0.05, 0) is 39.8 Å². The van der Waals surface area contributed by atoms with Gasteiger partial charge in [0.05, 0.1) is 11.2 Å². The average Bonchev–Trinajstić information content (AvgIpc) is 3.34. The number of hydrogen-bond acceptors (Lipinski definition) is 5. The van der Waals surface area contributed by atoms with Gasteiger partial charge in [-0.15, -0.1) is 0 Å². The minimum atomic E-state index is -0.957. The molecule has 9 heteroatoms. The van der Waals surface area contributed by atoms with Gasteiger partial charge in [0.25, 0.3) is 0 Å². The molecular formula is C27H34B2N3O3Si. The van der Waals surface area contributed by atoms with Crippen LogP contribution in [0.1, 0.15) is 50.7 Å². The molecule has 0 spiro atoms. The first-order chi connectivity index (χ1) is 17.1. The van der Waals surface area contributed by atoms with E-state index in [4.69, 9.17) is 9.31 Å². The SMILES string of the molecule is COB=N[C@@H](C[SiH2]C)c1ncc(-c2ccc(C#Cc3ccc([B]OC(C)(C)C(C)(C)O)cc3)cc2)[nH]1. The Morgan fingerprint density at radius 3 is 2.22 bits per heavy atom. The van der Waals surface area contributed by atoms with Gasteiger partial charge in [-0.2, -0.15) is 0 Å². The van der Waals surface area contributed by atoms with Crippen LogP contribution >= 0.6 is 0 Å². The molecule has 1 heterocycles. The molecule has 3 rings (SSSR count). The van der Waals surface area contributed by atoms with Crippen LogP contribution in [-0.2, 0) is 9.31 Å². The summed E-state index contributed by atoms with van der Waals surface area (Å²) < 4.78 is 10.8. The molecule has 0 saturated heterocycles. The Labute approximate surface area is 218 Å². The molecule has 0 bridgehead atoms. The fourth-order valence-corrected chi connectivity index (χ4v) is 4.19. The number of nitrogens with one attached hydrogen (secondary N) is 1. The molecule has 2 aromatic carbocycles. The zero-order valence-electron chi connectivity index (χ0n) is 22.0. The molecule has 0 aliphatic heterocycles. The minimum absolute atomic E-state index is 0.0177. The van der Waals surface area contributed by atoms with Gasteiger partial charge in [0.1, 0.15) is 0 Å². The van der Waals surface area contributed by atoms with Crippen LogP contribution in [0.15, 0.2) is 59.6 Å². The van der Waals surface area contributed by atoms with Crippen LogP contribution in [-0.4, -0.2) is 57.7 Å². The second-order valence-electron chi connectivity index (χ2n) is 9.73. The molecule has 2 N–H and O–H groups in total. The van der Waals surface area contributed by atoms with Crippen molar-refractivity contribution in [3.8, 4) is 23.1 Å². The molecule has 0 fully saturated rings. The molecule has 1 atom stereocenters. The average molecular weight is 498 g/mol. The number of H-pyrrole nitrogens is 1. The van der Waals surface area contributed by atoms with Crippen molar-refractivity contribution in [3.05, 3.63) is 71.7 Å². The summed E-state index contributed by atoms with van der Waals surface area (Å²) >= 11 is 0. The summed E-state index contributed by atoms with van der Waals surface area (Å²) in [5.74, 6) is 7.29. The van der Waals surface area contributed by atoms with E-state index < -0.39 is 11.2 Å². The molecule has 1 radical (unpaired) electrons. The summed E-state index contributed by atoms with van der Waals surface area (Å²) in [6, 6.07) is 17.0. The van der Waals surface area contributed by atoms with Crippen LogP contribution < -0.4 is 5.46 Å². The Hall–Kier alpha value is -2.92. The predicted molar refractivity (Wildman–Crippen MR) is 150 cm³/mol. The Balaban J connectivity index is 1.63. The predicted octanol–water partition coefficient (Wildman–Crippen LogP) is 3.41. The Bertz CT molecular complexity index is 1210. The van der Waals surface area contributed by atoms with E-state index in [0.29, 0.717) is 0 Å². The van der Waals surface area contributed by atoms with E-state index in [-0.39, 0.29) is 15.6 Å². The normalized spacial score (nSPS) is 12.9. The molecule has 36 heavy (non-hydrogen) atoms. The first kappa shape index (κ1) is 27.7. The number of hydrogen-bond donors (Lipinski definition) is 2. The molecule has 0 aliphatic carbocycles. The molecule has 0 saturated carbocycles. The van der Waals surface area contributed by atoms with Crippen molar-refractivity contribution in [2.45, 2.75) is 57.5 Å². The van der Waals surface area contributed by atoms with E-state index >= 15 is 0 Å². The number of aromatic amines is 1.